The first kappa shape index (κ1) is 15.3. The van der Waals surface area contributed by atoms with Crippen LogP contribution >= 0.6 is 11.3 Å². The van der Waals surface area contributed by atoms with E-state index < -0.39 is 11.9 Å². The molecule has 110 valence electrons. The summed E-state index contributed by atoms with van der Waals surface area (Å²) in [7, 11) is 0. The van der Waals surface area contributed by atoms with E-state index in [0.29, 0.717) is 12.1 Å². The molecular formula is C16H17NO3S. The highest BCUT2D eigenvalue weighted by Gasteiger charge is 2.13. The minimum atomic E-state index is -0.859. The maximum atomic E-state index is 11.8. The SMILES string of the molecule is CC(C(=O)O)c1ccc(NC(=O)CCc2ccsc2)cc1. The maximum Gasteiger partial charge on any atom is 0.310 e. The molecule has 0 fully saturated rings. The molecule has 1 unspecified atom stereocenters. The van der Waals surface area contributed by atoms with Crippen molar-refractivity contribution in [3.05, 3.63) is 52.2 Å². The molecule has 4 nitrogen and oxygen atoms in total. The van der Waals surface area contributed by atoms with E-state index in [9.17, 15) is 9.59 Å². The number of aliphatic carboxylic acids is 1. The molecule has 0 spiro atoms. The average molecular weight is 303 g/mol. The Bertz CT molecular complexity index is 605. The number of rotatable bonds is 6. The number of anilines is 1. The standard InChI is InChI=1S/C16H17NO3S/c1-11(16(19)20)13-3-5-14(6-4-13)17-15(18)7-2-12-8-9-21-10-12/h3-6,8-11H,2,7H2,1H3,(H,17,18)(H,19,20). The fraction of sp³-hybridized carbons (Fsp3) is 0.250. The summed E-state index contributed by atoms with van der Waals surface area (Å²) in [5.41, 5.74) is 2.58. The summed E-state index contributed by atoms with van der Waals surface area (Å²) in [5.74, 6) is -1.45. The number of nitrogens with one attached hydrogen (secondary N) is 1. The Balaban J connectivity index is 1.88. The number of thiophene rings is 1. The van der Waals surface area contributed by atoms with Crippen molar-refractivity contribution in [3.8, 4) is 0 Å². The number of carboxylic acids is 1. The smallest absolute Gasteiger partial charge is 0.310 e. The number of carboxylic acid groups (broad SMARTS) is 1. The van der Waals surface area contributed by atoms with E-state index in [1.54, 1.807) is 42.5 Å². The third-order valence-electron chi connectivity index (χ3n) is 3.29. The molecule has 5 heteroatoms. The van der Waals surface area contributed by atoms with Crippen molar-refractivity contribution in [1.82, 2.24) is 0 Å². The van der Waals surface area contributed by atoms with E-state index in [0.717, 1.165) is 12.0 Å². The van der Waals surface area contributed by atoms with E-state index in [4.69, 9.17) is 5.11 Å². The zero-order valence-electron chi connectivity index (χ0n) is 11.7. The summed E-state index contributed by atoms with van der Waals surface area (Å²) in [6.45, 7) is 1.64. The number of aryl methyl sites for hydroxylation is 1. The Hall–Kier alpha value is -2.14. The Morgan fingerprint density at radius 1 is 1.24 bits per heavy atom. The summed E-state index contributed by atoms with van der Waals surface area (Å²) in [6, 6.07) is 8.94. The predicted molar refractivity (Wildman–Crippen MR) is 83.8 cm³/mol. The molecule has 1 heterocycles. The molecule has 0 saturated heterocycles. The van der Waals surface area contributed by atoms with Crippen molar-refractivity contribution in [1.29, 1.82) is 0 Å². The third-order valence-corrected chi connectivity index (χ3v) is 4.02. The van der Waals surface area contributed by atoms with Gasteiger partial charge >= 0.3 is 5.97 Å². The largest absolute Gasteiger partial charge is 0.481 e. The second-order valence-electron chi connectivity index (χ2n) is 4.86. The minimum absolute atomic E-state index is 0.0415. The van der Waals surface area contributed by atoms with Crippen molar-refractivity contribution < 1.29 is 14.7 Å². The van der Waals surface area contributed by atoms with Gasteiger partial charge in [0.25, 0.3) is 0 Å². The lowest BCUT2D eigenvalue weighted by Gasteiger charge is -2.09. The van der Waals surface area contributed by atoms with Crippen LogP contribution in [0.2, 0.25) is 0 Å². The molecule has 1 atom stereocenters. The summed E-state index contributed by atoms with van der Waals surface area (Å²) in [6.07, 6.45) is 1.16. The molecule has 2 N–H and O–H groups in total. The van der Waals surface area contributed by atoms with Gasteiger partial charge in [-0.3, -0.25) is 9.59 Å². The lowest BCUT2D eigenvalue weighted by molar-refractivity contribution is -0.138. The summed E-state index contributed by atoms with van der Waals surface area (Å²) in [5, 5.41) is 15.8. The number of hydrogen-bond donors (Lipinski definition) is 2. The number of carbonyl (C=O) groups excluding carboxylic acids is 1. The van der Waals surface area contributed by atoms with Gasteiger partial charge in [0.15, 0.2) is 0 Å². The molecule has 1 aromatic carbocycles. The first-order chi connectivity index (χ1) is 10.1. The molecule has 1 aromatic heterocycles. The van der Waals surface area contributed by atoms with E-state index >= 15 is 0 Å². The zero-order valence-corrected chi connectivity index (χ0v) is 12.5. The fourth-order valence-corrected chi connectivity index (χ4v) is 2.62. The topological polar surface area (TPSA) is 66.4 Å². The normalized spacial score (nSPS) is 11.9. The van der Waals surface area contributed by atoms with Crippen molar-refractivity contribution in [3.63, 3.8) is 0 Å². The second kappa shape index (κ2) is 7.04. The van der Waals surface area contributed by atoms with E-state index in [1.165, 1.54) is 5.56 Å². The molecule has 0 radical (unpaired) electrons. The molecule has 0 aliphatic heterocycles. The number of hydrogen-bond acceptors (Lipinski definition) is 3. The lowest BCUT2D eigenvalue weighted by atomic mass is 10.0. The van der Waals surface area contributed by atoms with E-state index in [1.807, 2.05) is 16.8 Å². The molecule has 0 aliphatic rings. The zero-order chi connectivity index (χ0) is 15.2. The highest BCUT2D eigenvalue weighted by molar-refractivity contribution is 7.07. The highest BCUT2D eigenvalue weighted by atomic mass is 32.1. The Kier molecular flexibility index (Phi) is 5.11. The first-order valence-corrected chi connectivity index (χ1v) is 7.64. The molecule has 2 aromatic rings. The van der Waals surface area contributed by atoms with Gasteiger partial charge in [0.2, 0.25) is 5.91 Å². The van der Waals surface area contributed by atoms with Crippen LogP contribution in [-0.4, -0.2) is 17.0 Å². The summed E-state index contributed by atoms with van der Waals surface area (Å²) in [4.78, 5) is 22.7. The predicted octanol–water partition coefficient (Wildman–Crippen LogP) is 3.51. The molecule has 21 heavy (non-hydrogen) atoms. The van der Waals surface area contributed by atoms with Crippen LogP contribution in [0.3, 0.4) is 0 Å². The Labute approximate surface area is 127 Å². The Morgan fingerprint density at radius 2 is 1.95 bits per heavy atom. The van der Waals surface area contributed by atoms with Crippen LogP contribution in [0.15, 0.2) is 41.1 Å². The van der Waals surface area contributed by atoms with Crippen LogP contribution in [-0.2, 0) is 16.0 Å². The average Bonchev–Trinajstić information content (AvgIpc) is 2.98. The minimum Gasteiger partial charge on any atom is -0.481 e. The fourth-order valence-electron chi connectivity index (χ4n) is 1.91. The van der Waals surface area contributed by atoms with Crippen LogP contribution in [0.4, 0.5) is 5.69 Å². The van der Waals surface area contributed by atoms with Gasteiger partial charge in [-0.25, -0.2) is 0 Å². The maximum absolute atomic E-state index is 11.8. The van der Waals surface area contributed by atoms with Gasteiger partial charge in [-0.05, 0) is 53.4 Å². The molecular weight excluding hydrogens is 286 g/mol. The van der Waals surface area contributed by atoms with Crippen LogP contribution in [0.25, 0.3) is 0 Å². The van der Waals surface area contributed by atoms with Crippen LogP contribution in [0, 0.1) is 0 Å². The molecule has 0 aliphatic carbocycles. The highest BCUT2D eigenvalue weighted by Crippen LogP contribution is 2.18. The van der Waals surface area contributed by atoms with Crippen LogP contribution < -0.4 is 5.32 Å². The van der Waals surface area contributed by atoms with Gasteiger partial charge < -0.3 is 10.4 Å². The van der Waals surface area contributed by atoms with Gasteiger partial charge in [0.1, 0.15) is 0 Å². The van der Waals surface area contributed by atoms with Crippen molar-refractivity contribution in [2.75, 3.05) is 5.32 Å². The number of amides is 1. The van der Waals surface area contributed by atoms with Crippen molar-refractivity contribution >= 4 is 28.9 Å². The van der Waals surface area contributed by atoms with Gasteiger partial charge in [0.05, 0.1) is 5.92 Å². The molecule has 1 amide bonds. The molecule has 2 rings (SSSR count). The lowest BCUT2D eigenvalue weighted by Crippen LogP contribution is -2.12. The Morgan fingerprint density at radius 3 is 2.52 bits per heavy atom. The molecule has 0 bridgehead atoms. The number of carbonyl (C=O) groups is 2. The van der Waals surface area contributed by atoms with Crippen molar-refractivity contribution in [2.45, 2.75) is 25.7 Å². The van der Waals surface area contributed by atoms with Gasteiger partial charge in [-0.1, -0.05) is 12.1 Å². The van der Waals surface area contributed by atoms with Crippen molar-refractivity contribution in [2.24, 2.45) is 0 Å². The number of benzene rings is 1. The molecule has 0 saturated carbocycles. The summed E-state index contributed by atoms with van der Waals surface area (Å²) < 4.78 is 0. The van der Waals surface area contributed by atoms with Crippen LogP contribution in [0.1, 0.15) is 30.4 Å². The van der Waals surface area contributed by atoms with Gasteiger partial charge in [0, 0.05) is 12.1 Å². The monoisotopic (exact) mass is 303 g/mol. The first-order valence-electron chi connectivity index (χ1n) is 6.70. The summed E-state index contributed by atoms with van der Waals surface area (Å²) >= 11 is 1.62. The second-order valence-corrected chi connectivity index (χ2v) is 5.64. The third kappa shape index (κ3) is 4.43. The quantitative estimate of drug-likeness (QED) is 0.858. The van der Waals surface area contributed by atoms with Gasteiger partial charge in [-0.15, -0.1) is 0 Å². The van der Waals surface area contributed by atoms with E-state index in [2.05, 4.69) is 5.32 Å². The van der Waals surface area contributed by atoms with Crippen LogP contribution in [0.5, 0.6) is 0 Å². The van der Waals surface area contributed by atoms with E-state index in [-0.39, 0.29) is 5.91 Å². The van der Waals surface area contributed by atoms with Gasteiger partial charge in [-0.2, -0.15) is 11.3 Å².